The van der Waals surface area contributed by atoms with Gasteiger partial charge in [0.25, 0.3) is 0 Å². The molecule has 2 amide bonds. The fourth-order valence-corrected chi connectivity index (χ4v) is 3.52. The molecule has 29 heavy (non-hydrogen) atoms. The van der Waals surface area contributed by atoms with E-state index in [1.807, 2.05) is 25.7 Å². The normalized spacial score (nSPS) is 22.1. The van der Waals surface area contributed by atoms with Crippen LogP contribution in [0.1, 0.15) is 27.2 Å². The van der Waals surface area contributed by atoms with Crippen LogP contribution in [0, 0.1) is 5.82 Å². The van der Waals surface area contributed by atoms with E-state index in [0.717, 1.165) is 0 Å². The van der Waals surface area contributed by atoms with Crippen LogP contribution in [-0.4, -0.2) is 73.2 Å². The van der Waals surface area contributed by atoms with Crippen molar-refractivity contribution in [3.05, 3.63) is 24.0 Å². The molecule has 2 saturated heterocycles. The Morgan fingerprint density at radius 2 is 2.10 bits per heavy atom. The third kappa shape index (κ3) is 4.72. The van der Waals surface area contributed by atoms with E-state index >= 15 is 0 Å². The Hall–Kier alpha value is -2.55. The Morgan fingerprint density at radius 1 is 1.38 bits per heavy atom. The number of benzene rings is 1. The molecule has 8 nitrogen and oxygen atoms in total. The highest BCUT2D eigenvalue weighted by atomic mass is 19.1. The Balaban J connectivity index is 1.67. The predicted octanol–water partition coefficient (Wildman–Crippen LogP) is 2.59. The second kappa shape index (κ2) is 8.06. The van der Waals surface area contributed by atoms with Gasteiger partial charge in [0.05, 0.1) is 24.5 Å². The van der Waals surface area contributed by atoms with Crippen molar-refractivity contribution in [2.45, 2.75) is 44.9 Å². The van der Waals surface area contributed by atoms with Gasteiger partial charge >= 0.3 is 12.2 Å². The van der Waals surface area contributed by atoms with E-state index < -0.39 is 23.6 Å². The van der Waals surface area contributed by atoms with E-state index in [2.05, 4.69) is 0 Å². The van der Waals surface area contributed by atoms with E-state index in [9.17, 15) is 14.0 Å². The van der Waals surface area contributed by atoms with Crippen molar-refractivity contribution < 1.29 is 28.6 Å². The van der Waals surface area contributed by atoms with Crippen molar-refractivity contribution in [1.82, 2.24) is 4.90 Å². The molecule has 2 atom stereocenters. The number of carbonyl (C=O) groups excluding carboxylic acids is 2. The highest BCUT2D eigenvalue weighted by Gasteiger charge is 2.34. The van der Waals surface area contributed by atoms with Gasteiger partial charge < -0.3 is 24.4 Å². The van der Waals surface area contributed by atoms with Crippen LogP contribution in [0.2, 0.25) is 0 Å². The number of anilines is 2. The number of ether oxygens (including phenoxy) is 2. The molecular formula is C20H28FN3O5. The lowest BCUT2D eigenvalue weighted by molar-refractivity contribution is 0.0292. The molecular weight excluding hydrogens is 381 g/mol. The number of carbonyl (C=O) groups is 2. The number of aliphatic hydroxyl groups is 1. The van der Waals surface area contributed by atoms with Gasteiger partial charge in [0.1, 0.15) is 17.5 Å². The third-order valence-corrected chi connectivity index (χ3v) is 5.06. The zero-order chi connectivity index (χ0) is 21.3. The Kier molecular flexibility index (Phi) is 5.88. The van der Waals surface area contributed by atoms with Gasteiger partial charge in [-0.25, -0.2) is 14.0 Å². The summed E-state index contributed by atoms with van der Waals surface area (Å²) in [5.41, 5.74) is 0.202. The maximum atomic E-state index is 14.8. The van der Waals surface area contributed by atoms with Crippen molar-refractivity contribution in [2.24, 2.45) is 0 Å². The Labute approximate surface area is 169 Å². The first-order chi connectivity index (χ1) is 13.6. The standard InChI is InChI=1S/C20H28FN3O5/c1-20(2,3)29-18(26)23-8-7-14(10-23)22(4)17-6-5-13(9-16(17)21)24-11-15(12-25)28-19(24)27/h5-6,9,14-15,25H,7-8,10-12H2,1-4H3. The van der Waals surface area contributed by atoms with Crippen LogP contribution < -0.4 is 9.80 Å². The number of aliphatic hydroxyl groups excluding tert-OH is 1. The summed E-state index contributed by atoms with van der Waals surface area (Å²) in [6.45, 7) is 6.36. The van der Waals surface area contributed by atoms with Gasteiger partial charge in [-0.3, -0.25) is 4.90 Å². The van der Waals surface area contributed by atoms with Crippen molar-refractivity contribution >= 4 is 23.6 Å². The average molecular weight is 409 g/mol. The lowest BCUT2D eigenvalue weighted by atomic mass is 10.1. The molecule has 2 heterocycles. The Bertz CT molecular complexity index is 782. The number of hydrogen-bond donors (Lipinski definition) is 1. The van der Waals surface area contributed by atoms with Gasteiger partial charge in [0, 0.05) is 26.2 Å². The molecule has 2 fully saturated rings. The number of likely N-dealkylation sites (N-methyl/N-ethyl adjacent to an activating group) is 1. The first-order valence-electron chi connectivity index (χ1n) is 9.68. The third-order valence-electron chi connectivity index (χ3n) is 5.06. The van der Waals surface area contributed by atoms with Gasteiger partial charge in [0.2, 0.25) is 0 Å². The summed E-state index contributed by atoms with van der Waals surface area (Å²) >= 11 is 0. The van der Waals surface area contributed by atoms with Crippen LogP contribution in [0.4, 0.5) is 25.4 Å². The van der Waals surface area contributed by atoms with Gasteiger partial charge in [0.15, 0.2) is 0 Å². The summed E-state index contributed by atoms with van der Waals surface area (Å²) < 4.78 is 25.2. The topological polar surface area (TPSA) is 82.5 Å². The van der Waals surface area contributed by atoms with Gasteiger partial charge in [-0.2, -0.15) is 0 Å². The van der Waals surface area contributed by atoms with Crippen LogP contribution in [-0.2, 0) is 9.47 Å². The summed E-state index contributed by atoms with van der Waals surface area (Å²) in [6.07, 6.45) is -0.873. The second-order valence-electron chi connectivity index (χ2n) is 8.41. The largest absolute Gasteiger partial charge is 0.444 e. The summed E-state index contributed by atoms with van der Waals surface area (Å²) in [7, 11) is 1.78. The van der Waals surface area contributed by atoms with Crippen molar-refractivity contribution in [1.29, 1.82) is 0 Å². The number of cyclic esters (lactones) is 1. The highest BCUT2D eigenvalue weighted by molar-refractivity contribution is 5.90. The first kappa shape index (κ1) is 21.2. The monoisotopic (exact) mass is 409 g/mol. The van der Waals surface area contributed by atoms with E-state index in [1.54, 1.807) is 24.1 Å². The van der Waals surface area contributed by atoms with Crippen LogP contribution >= 0.6 is 0 Å². The zero-order valence-corrected chi connectivity index (χ0v) is 17.2. The molecule has 9 heteroatoms. The average Bonchev–Trinajstić information content (AvgIpc) is 3.26. The summed E-state index contributed by atoms with van der Waals surface area (Å²) in [5.74, 6) is -0.471. The maximum absolute atomic E-state index is 14.8. The number of hydrogen-bond acceptors (Lipinski definition) is 6. The zero-order valence-electron chi connectivity index (χ0n) is 17.2. The van der Waals surface area contributed by atoms with E-state index in [4.69, 9.17) is 14.6 Å². The minimum atomic E-state index is -0.606. The summed E-state index contributed by atoms with van der Waals surface area (Å²) in [4.78, 5) is 28.9. The molecule has 160 valence electrons. The van der Waals surface area contributed by atoms with E-state index in [1.165, 1.54) is 11.0 Å². The molecule has 1 aromatic rings. The summed E-state index contributed by atoms with van der Waals surface area (Å²) in [6, 6.07) is 4.50. The second-order valence-corrected chi connectivity index (χ2v) is 8.41. The minimum absolute atomic E-state index is 0.0432. The highest BCUT2D eigenvalue weighted by Crippen LogP contribution is 2.30. The number of nitrogens with zero attached hydrogens (tertiary/aromatic N) is 3. The number of amides is 2. The molecule has 2 aliphatic rings. The number of rotatable bonds is 4. The number of halogens is 1. The number of likely N-dealkylation sites (tertiary alicyclic amines) is 1. The van der Waals surface area contributed by atoms with Crippen LogP contribution in [0.15, 0.2) is 18.2 Å². The van der Waals surface area contributed by atoms with Crippen LogP contribution in [0.3, 0.4) is 0 Å². The first-order valence-corrected chi connectivity index (χ1v) is 9.68. The predicted molar refractivity (Wildman–Crippen MR) is 106 cm³/mol. The molecule has 0 bridgehead atoms. The van der Waals surface area contributed by atoms with Gasteiger partial charge in [-0.05, 0) is 45.4 Å². The molecule has 2 aliphatic heterocycles. The lowest BCUT2D eigenvalue weighted by Crippen LogP contribution is -2.39. The molecule has 0 spiro atoms. The van der Waals surface area contributed by atoms with Gasteiger partial charge in [-0.1, -0.05) is 0 Å². The maximum Gasteiger partial charge on any atom is 0.414 e. The molecule has 1 aromatic carbocycles. The van der Waals surface area contributed by atoms with E-state index in [0.29, 0.717) is 30.9 Å². The van der Waals surface area contributed by atoms with Crippen molar-refractivity contribution in [3.63, 3.8) is 0 Å². The fraction of sp³-hybridized carbons (Fsp3) is 0.600. The fourth-order valence-electron chi connectivity index (χ4n) is 3.52. The minimum Gasteiger partial charge on any atom is -0.444 e. The Morgan fingerprint density at radius 3 is 2.69 bits per heavy atom. The molecule has 0 radical (unpaired) electrons. The molecule has 0 saturated carbocycles. The molecule has 2 unspecified atom stereocenters. The van der Waals surface area contributed by atoms with Crippen molar-refractivity contribution in [2.75, 3.05) is 43.1 Å². The summed E-state index contributed by atoms with van der Waals surface area (Å²) in [5, 5.41) is 9.14. The van der Waals surface area contributed by atoms with Crippen LogP contribution in [0.5, 0.6) is 0 Å². The van der Waals surface area contributed by atoms with Crippen LogP contribution in [0.25, 0.3) is 0 Å². The smallest absolute Gasteiger partial charge is 0.414 e. The molecule has 1 N–H and O–H groups in total. The van der Waals surface area contributed by atoms with Gasteiger partial charge in [-0.15, -0.1) is 0 Å². The SMILES string of the molecule is CN(c1ccc(N2CC(CO)OC2=O)cc1F)C1CCN(C(=O)OC(C)(C)C)C1. The quantitative estimate of drug-likeness (QED) is 0.823. The molecule has 0 aromatic heterocycles. The molecule has 3 rings (SSSR count). The van der Waals surface area contributed by atoms with E-state index in [-0.39, 0.29) is 25.3 Å². The molecule has 0 aliphatic carbocycles. The lowest BCUT2D eigenvalue weighted by Gasteiger charge is -2.28. The van der Waals surface area contributed by atoms with Crippen molar-refractivity contribution in [3.8, 4) is 0 Å².